The van der Waals surface area contributed by atoms with Crippen LogP contribution in [-0.2, 0) is 13.3 Å². The van der Waals surface area contributed by atoms with Gasteiger partial charge in [0.2, 0.25) is 0 Å². The van der Waals surface area contributed by atoms with E-state index in [1.807, 2.05) is 48.5 Å². The molecule has 0 fully saturated rings. The Hall–Kier alpha value is 0.0569. The molecule has 0 aliphatic heterocycles. The third-order valence-corrected chi connectivity index (χ3v) is 5.81. The average Bonchev–Trinajstić information content (AvgIpc) is 2.12. The highest BCUT2D eigenvalue weighted by Gasteiger charge is 2.49. The lowest BCUT2D eigenvalue weighted by atomic mass is 10.5. The van der Waals surface area contributed by atoms with Crippen LogP contribution in [0.15, 0.2) is 0 Å². The summed E-state index contributed by atoms with van der Waals surface area (Å²) < 4.78 is 17.9. The van der Waals surface area contributed by atoms with E-state index in [0.29, 0.717) is 0 Å². The molecule has 1 unspecified atom stereocenters. The van der Waals surface area contributed by atoms with Crippen molar-refractivity contribution < 1.29 is 13.3 Å². The molecule has 0 bridgehead atoms. The maximum atomic E-state index is 6.18. The summed E-state index contributed by atoms with van der Waals surface area (Å²) in [5.41, 5.74) is 6.01. The lowest BCUT2D eigenvalue weighted by Gasteiger charge is -2.37. The smallest absolute Gasteiger partial charge is 0.370 e. The van der Waals surface area contributed by atoms with Gasteiger partial charge in [-0.05, 0) is 48.0 Å². The van der Waals surface area contributed by atoms with Crippen LogP contribution in [0.2, 0.25) is 0 Å². The van der Waals surface area contributed by atoms with Crippen LogP contribution >= 0.6 is 0 Å². The summed E-state index contributed by atoms with van der Waals surface area (Å²) in [6.07, 6.45) is 0.948. The molecule has 104 valence electrons. The molecular formula is C12H29NO3Si. The van der Waals surface area contributed by atoms with Gasteiger partial charge in [0.15, 0.2) is 0 Å². The van der Waals surface area contributed by atoms with E-state index in [2.05, 4.69) is 0 Å². The van der Waals surface area contributed by atoms with Gasteiger partial charge in [0, 0.05) is 18.3 Å². The third-order valence-electron chi connectivity index (χ3n) is 2.09. The summed E-state index contributed by atoms with van der Waals surface area (Å²) in [7, 11) is -2.81. The van der Waals surface area contributed by atoms with Crippen molar-refractivity contribution in [1.82, 2.24) is 0 Å². The second kappa shape index (κ2) is 7.48. The van der Waals surface area contributed by atoms with E-state index < -0.39 is 8.80 Å². The van der Waals surface area contributed by atoms with Gasteiger partial charge in [-0.3, -0.25) is 0 Å². The monoisotopic (exact) mass is 263 g/mol. The lowest BCUT2D eigenvalue weighted by Crippen LogP contribution is -2.63. The fraction of sp³-hybridized carbons (Fsp3) is 1.00. The van der Waals surface area contributed by atoms with Gasteiger partial charge < -0.3 is 19.0 Å². The summed E-state index contributed by atoms with van der Waals surface area (Å²) in [4.78, 5) is 0. The van der Waals surface area contributed by atoms with Crippen molar-refractivity contribution >= 4 is 8.80 Å². The van der Waals surface area contributed by atoms with Gasteiger partial charge in [0.25, 0.3) is 0 Å². The maximum absolute atomic E-state index is 6.18. The summed E-state index contributed by atoms with van der Waals surface area (Å²) in [5, 5.41) is 0. The molecule has 0 saturated carbocycles. The Morgan fingerprint density at radius 2 is 1.12 bits per heavy atom. The first-order chi connectivity index (χ1) is 7.73. The fourth-order valence-corrected chi connectivity index (χ4v) is 4.74. The van der Waals surface area contributed by atoms with Gasteiger partial charge in [-0.15, -0.1) is 0 Å². The Balaban J connectivity index is 5.04. The topological polar surface area (TPSA) is 53.7 Å². The molecule has 0 spiro atoms. The summed E-state index contributed by atoms with van der Waals surface area (Å²) in [6.45, 7) is 13.9. The number of hydrogen-bond donors (Lipinski definition) is 1. The number of nitrogens with two attached hydrogens (primary N) is 1. The van der Waals surface area contributed by atoms with Crippen LogP contribution in [0.4, 0.5) is 0 Å². The minimum atomic E-state index is -2.81. The summed E-state index contributed by atoms with van der Waals surface area (Å²) in [5.74, 6) is 0. The zero-order chi connectivity index (χ0) is 13.6. The van der Waals surface area contributed by atoms with Crippen LogP contribution in [0.25, 0.3) is 0 Å². The molecular weight excluding hydrogens is 234 g/mol. The Morgan fingerprint density at radius 3 is 1.29 bits per heavy atom. The van der Waals surface area contributed by atoms with E-state index in [1.54, 1.807) is 0 Å². The average molecular weight is 263 g/mol. The van der Waals surface area contributed by atoms with Gasteiger partial charge in [0.05, 0.1) is 5.67 Å². The van der Waals surface area contributed by atoms with Crippen molar-refractivity contribution in [1.29, 1.82) is 0 Å². The second-order valence-corrected chi connectivity index (χ2v) is 7.77. The van der Waals surface area contributed by atoms with Gasteiger partial charge in [-0.1, -0.05) is 6.92 Å². The van der Waals surface area contributed by atoms with E-state index in [1.165, 1.54) is 0 Å². The van der Waals surface area contributed by atoms with Crippen LogP contribution in [0, 0.1) is 0 Å². The first kappa shape index (κ1) is 17.1. The Kier molecular flexibility index (Phi) is 7.51. The minimum Gasteiger partial charge on any atom is -0.370 e. The molecule has 0 saturated heterocycles. The molecule has 2 N–H and O–H groups in total. The highest BCUT2D eigenvalue weighted by Crippen LogP contribution is 2.21. The standard InChI is InChI=1S/C12H29NO3Si/c1-8-12(13)17(14-9(2)3,15-10(4)5)16-11(6)7/h9-12H,8,13H2,1-7H3. The normalized spacial score (nSPS) is 15.0. The number of rotatable bonds is 8. The number of hydrogen-bond acceptors (Lipinski definition) is 4. The molecule has 1 atom stereocenters. The molecule has 0 amide bonds. The van der Waals surface area contributed by atoms with Crippen molar-refractivity contribution in [3.63, 3.8) is 0 Å². The van der Waals surface area contributed by atoms with Crippen LogP contribution < -0.4 is 5.73 Å². The van der Waals surface area contributed by atoms with Crippen LogP contribution in [0.5, 0.6) is 0 Å². The van der Waals surface area contributed by atoms with Gasteiger partial charge >= 0.3 is 8.80 Å². The van der Waals surface area contributed by atoms with Crippen molar-refractivity contribution in [3.8, 4) is 0 Å². The molecule has 0 aliphatic rings. The Labute approximate surface area is 107 Å². The van der Waals surface area contributed by atoms with Gasteiger partial charge in [-0.2, -0.15) is 0 Å². The largest absolute Gasteiger partial charge is 0.519 e. The van der Waals surface area contributed by atoms with Crippen LogP contribution in [-0.4, -0.2) is 32.8 Å². The van der Waals surface area contributed by atoms with E-state index in [-0.39, 0.29) is 24.0 Å². The molecule has 0 aliphatic carbocycles. The maximum Gasteiger partial charge on any atom is 0.519 e. The lowest BCUT2D eigenvalue weighted by molar-refractivity contribution is -0.00420. The molecule has 0 aromatic carbocycles. The fourth-order valence-electron chi connectivity index (χ4n) is 1.58. The van der Waals surface area contributed by atoms with Crippen molar-refractivity contribution in [2.75, 3.05) is 0 Å². The zero-order valence-electron chi connectivity index (χ0n) is 12.3. The summed E-state index contributed by atoms with van der Waals surface area (Å²) >= 11 is 0. The van der Waals surface area contributed by atoms with Crippen molar-refractivity contribution in [3.05, 3.63) is 0 Å². The first-order valence-corrected chi connectivity index (χ1v) is 8.32. The van der Waals surface area contributed by atoms with Crippen LogP contribution in [0.1, 0.15) is 54.9 Å². The zero-order valence-corrected chi connectivity index (χ0v) is 13.3. The molecule has 0 rings (SSSR count). The summed E-state index contributed by atoms with van der Waals surface area (Å²) in [6, 6.07) is 0. The third kappa shape index (κ3) is 5.97. The molecule has 0 radical (unpaired) electrons. The van der Waals surface area contributed by atoms with Crippen LogP contribution in [0.3, 0.4) is 0 Å². The van der Waals surface area contributed by atoms with Gasteiger partial charge in [0.1, 0.15) is 0 Å². The van der Waals surface area contributed by atoms with E-state index in [0.717, 1.165) is 6.42 Å². The predicted octanol–water partition coefficient (Wildman–Crippen LogP) is 2.48. The molecule has 0 heterocycles. The second-order valence-electron chi connectivity index (χ2n) is 5.12. The quantitative estimate of drug-likeness (QED) is 0.684. The van der Waals surface area contributed by atoms with E-state index in [4.69, 9.17) is 19.0 Å². The molecule has 0 aromatic heterocycles. The van der Waals surface area contributed by atoms with Crippen molar-refractivity contribution in [2.24, 2.45) is 5.73 Å². The predicted molar refractivity (Wildman–Crippen MR) is 72.7 cm³/mol. The Bertz CT molecular complexity index is 183. The molecule has 0 aromatic rings. The molecule has 5 heteroatoms. The van der Waals surface area contributed by atoms with E-state index >= 15 is 0 Å². The first-order valence-electron chi connectivity index (χ1n) is 6.52. The molecule has 17 heavy (non-hydrogen) atoms. The van der Waals surface area contributed by atoms with Crippen molar-refractivity contribution in [2.45, 2.75) is 78.9 Å². The van der Waals surface area contributed by atoms with Gasteiger partial charge in [-0.25, -0.2) is 0 Å². The highest BCUT2D eigenvalue weighted by atomic mass is 28.4. The Morgan fingerprint density at radius 1 is 0.824 bits per heavy atom. The minimum absolute atomic E-state index is 0.0526. The molecule has 4 nitrogen and oxygen atoms in total. The van der Waals surface area contributed by atoms with E-state index in [9.17, 15) is 0 Å². The SMILES string of the molecule is CCC(N)[Si](OC(C)C)(OC(C)C)OC(C)C. The highest BCUT2D eigenvalue weighted by molar-refractivity contribution is 6.62.